The maximum atomic E-state index is 13.5. The number of aromatic nitrogens is 4. The first-order chi connectivity index (χ1) is 12.9. The van der Waals surface area contributed by atoms with Gasteiger partial charge >= 0.3 is 6.18 Å². The molecule has 1 fully saturated rings. The molecule has 4 nitrogen and oxygen atoms in total. The van der Waals surface area contributed by atoms with Crippen LogP contribution in [-0.4, -0.2) is 19.6 Å². The molecule has 1 aliphatic carbocycles. The summed E-state index contributed by atoms with van der Waals surface area (Å²) in [6, 6.07) is 8.09. The monoisotopic (exact) mass is 388 g/mol. The highest BCUT2D eigenvalue weighted by molar-refractivity contribution is 6.29. The Hall–Kier alpha value is -2.67. The van der Waals surface area contributed by atoms with Crippen molar-refractivity contribution in [2.75, 3.05) is 0 Å². The Labute approximate surface area is 156 Å². The van der Waals surface area contributed by atoms with Gasteiger partial charge in [0.25, 0.3) is 0 Å². The van der Waals surface area contributed by atoms with Crippen LogP contribution in [0, 0.1) is 0 Å². The lowest BCUT2D eigenvalue weighted by Crippen LogP contribution is -2.07. The van der Waals surface area contributed by atoms with Crippen molar-refractivity contribution >= 4 is 28.2 Å². The predicted molar refractivity (Wildman–Crippen MR) is 94.8 cm³/mol. The number of nitrogens with zero attached hydrogens (tertiary/aromatic N) is 4. The molecule has 0 N–H and O–H groups in total. The van der Waals surface area contributed by atoms with Gasteiger partial charge in [0.15, 0.2) is 5.65 Å². The normalized spacial score (nSPS) is 19.7. The Balaban J connectivity index is 1.60. The molecule has 3 aromatic heterocycles. The van der Waals surface area contributed by atoms with Gasteiger partial charge in [0.2, 0.25) is 0 Å². The highest BCUT2D eigenvalue weighted by Crippen LogP contribution is 2.56. The van der Waals surface area contributed by atoms with Gasteiger partial charge in [-0.05, 0) is 48.1 Å². The molecule has 1 unspecified atom stereocenters. The van der Waals surface area contributed by atoms with Gasteiger partial charge < -0.3 is 0 Å². The molecule has 1 aliphatic rings. The molecular weight excluding hydrogens is 377 g/mol. The first kappa shape index (κ1) is 16.5. The molecule has 1 aromatic carbocycles. The fraction of sp³-hybridized carbons (Fsp3) is 0.211. The molecule has 0 spiro atoms. The number of hydrogen-bond donors (Lipinski definition) is 0. The smallest absolute Gasteiger partial charge is 0.256 e. The van der Waals surface area contributed by atoms with Crippen LogP contribution in [0.15, 0.2) is 48.9 Å². The third-order valence-electron chi connectivity index (χ3n) is 5.01. The van der Waals surface area contributed by atoms with Crippen molar-refractivity contribution in [2.45, 2.75) is 24.4 Å². The minimum atomic E-state index is -4.46. The minimum Gasteiger partial charge on any atom is -0.256 e. The van der Waals surface area contributed by atoms with Crippen LogP contribution in [0.4, 0.5) is 13.2 Å². The zero-order valence-corrected chi connectivity index (χ0v) is 14.5. The Morgan fingerprint density at radius 3 is 2.74 bits per heavy atom. The summed E-state index contributed by atoms with van der Waals surface area (Å²) in [5, 5.41) is 4.98. The maximum absolute atomic E-state index is 13.5. The van der Waals surface area contributed by atoms with E-state index >= 15 is 0 Å². The molecule has 0 aliphatic heterocycles. The van der Waals surface area contributed by atoms with Crippen LogP contribution in [0.25, 0.3) is 16.6 Å². The van der Waals surface area contributed by atoms with Gasteiger partial charge in [-0.3, -0.25) is 4.98 Å². The van der Waals surface area contributed by atoms with Gasteiger partial charge in [0.05, 0.1) is 11.1 Å². The van der Waals surface area contributed by atoms with E-state index in [1.807, 2.05) is 0 Å². The van der Waals surface area contributed by atoms with Gasteiger partial charge in [-0.1, -0.05) is 17.7 Å². The number of pyridine rings is 1. The summed E-state index contributed by atoms with van der Waals surface area (Å²) in [4.78, 5) is 8.24. The summed E-state index contributed by atoms with van der Waals surface area (Å²) >= 11 is 6.09. The molecule has 2 atom stereocenters. The number of rotatable bonds is 2. The summed E-state index contributed by atoms with van der Waals surface area (Å²) in [5.74, 6) is 0.0419. The number of benzene rings is 1. The van der Waals surface area contributed by atoms with E-state index in [0.29, 0.717) is 21.7 Å². The molecule has 3 heterocycles. The highest BCUT2D eigenvalue weighted by atomic mass is 35.5. The first-order valence-corrected chi connectivity index (χ1v) is 8.75. The molecular formula is C19H12ClF3N4. The van der Waals surface area contributed by atoms with Gasteiger partial charge in [-0.25, -0.2) is 9.50 Å². The highest BCUT2D eigenvalue weighted by Gasteiger charge is 2.43. The van der Waals surface area contributed by atoms with Crippen molar-refractivity contribution in [1.29, 1.82) is 0 Å². The summed E-state index contributed by atoms with van der Waals surface area (Å²) in [6.07, 6.45) is 0.995. The molecule has 0 saturated heterocycles. The Morgan fingerprint density at radius 1 is 1.07 bits per heavy atom. The lowest BCUT2D eigenvalue weighted by molar-refractivity contribution is -0.136. The van der Waals surface area contributed by atoms with Crippen LogP contribution in [0.5, 0.6) is 0 Å². The summed E-state index contributed by atoms with van der Waals surface area (Å²) in [7, 11) is 0. The van der Waals surface area contributed by atoms with E-state index in [-0.39, 0.29) is 17.4 Å². The van der Waals surface area contributed by atoms with Crippen LogP contribution >= 0.6 is 11.6 Å². The van der Waals surface area contributed by atoms with E-state index in [1.165, 1.54) is 12.3 Å². The van der Waals surface area contributed by atoms with E-state index in [1.54, 1.807) is 41.2 Å². The second-order valence-electron chi connectivity index (χ2n) is 6.71. The third kappa shape index (κ3) is 2.73. The number of imidazole rings is 1. The van der Waals surface area contributed by atoms with Crippen LogP contribution in [0.3, 0.4) is 0 Å². The lowest BCUT2D eigenvalue weighted by Gasteiger charge is -2.12. The molecule has 0 bridgehead atoms. The molecule has 0 amide bonds. The quantitative estimate of drug-likeness (QED) is 0.473. The van der Waals surface area contributed by atoms with Crippen molar-refractivity contribution in [3.05, 3.63) is 70.8 Å². The summed E-state index contributed by atoms with van der Waals surface area (Å²) < 4.78 is 42.2. The number of alkyl halides is 3. The van der Waals surface area contributed by atoms with Crippen LogP contribution in [0.2, 0.25) is 5.15 Å². The van der Waals surface area contributed by atoms with Gasteiger partial charge in [-0.2, -0.15) is 18.3 Å². The second-order valence-corrected chi connectivity index (χ2v) is 7.10. The van der Waals surface area contributed by atoms with E-state index in [9.17, 15) is 13.2 Å². The Bertz CT molecular complexity index is 1180. The number of hydrogen-bond acceptors (Lipinski definition) is 3. The molecule has 136 valence electrons. The molecule has 8 heteroatoms. The summed E-state index contributed by atoms with van der Waals surface area (Å²) in [5.41, 5.74) is 1.54. The fourth-order valence-corrected chi connectivity index (χ4v) is 3.93. The van der Waals surface area contributed by atoms with Crippen molar-refractivity contribution in [3.63, 3.8) is 0 Å². The number of fused-ring (bicyclic) bond motifs is 2. The molecule has 5 rings (SSSR count). The van der Waals surface area contributed by atoms with E-state index < -0.39 is 11.7 Å². The van der Waals surface area contributed by atoms with Crippen molar-refractivity contribution in [1.82, 2.24) is 19.6 Å². The largest absolute Gasteiger partial charge is 0.418 e. The zero-order chi connectivity index (χ0) is 18.8. The maximum Gasteiger partial charge on any atom is 0.418 e. The zero-order valence-electron chi connectivity index (χ0n) is 13.8. The van der Waals surface area contributed by atoms with Gasteiger partial charge in [0, 0.05) is 29.5 Å². The van der Waals surface area contributed by atoms with Gasteiger partial charge in [0.1, 0.15) is 5.15 Å². The van der Waals surface area contributed by atoms with E-state index in [0.717, 1.165) is 12.0 Å². The Morgan fingerprint density at radius 2 is 1.93 bits per heavy atom. The van der Waals surface area contributed by atoms with Crippen LogP contribution in [-0.2, 0) is 6.18 Å². The first-order valence-electron chi connectivity index (χ1n) is 8.37. The molecule has 4 aromatic rings. The predicted octanol–water partition coefficient (Wildman–Crippen LogP) is 5.22. The van der Waals surface area contributed by atoms with E-state index in [4.69, 9.17) is 11.6 Å². The van der Waals surface area contributed by atoms with E-state index in [2.05, 4.69) is 15.1 Å². The minimum absolute atomic E-state index is 0.0188. The fourth-order valence-electron chi connectivity index (χ4n) is 3.73. The van der Waals surface area contributed by atoms with Crippen molar-refractivity contribution in [2.24, 2.45) is 0 Å². The average Bonchev–Trinajstić information content (AvgIpc) is 3.29. The van der Waals surface area contributed by atoms with Crippen LogP contribution < -0.4 is 0 Å². The molecule has 0 radical (unpaired) electrons. The topological polar surface area (TPSA) is 43.1 Å². The third-order valence-corrected chi connectivity index (χ3v) is 5.19. The SMILES string of the molecule is FC(F)(F)c1cc(C2C[C@@H]2c2cc(Cl)nn3ccnc23)cc2cccnc12. The van der Waals surface area contributed by atoms with Crippen LogP contribution in [0.1, 0.15) is 34.9 Å². The Kier molecular flexibility index (Phi) is 3.46. The van der Waals surface area contributed by atoms with Crippen molar-refractivity contribution in [3.8, 4) is 0 Å². The molecule has 27 heavy (non-hydrogen) atoms. The summed E-state index contributed by atoms with van der Waals surface area (Å²) in [6.45, 7) is 0. The average molecular weight is 389 g/mol. The van der Waals surface area contributed by atoms with Crippen molar-refractivity contribution < 1.29 is 13.2 Å². The second kappa shape index (κ2) is 5.66. The standard InChI is InChI=1S/C19H12ClF3N4/c20-16-9-14(18-25-4-5-27(18)26-16)13-8-12(13)11-6-10-2-1-3-24-17(10)15(7-11)19(21,22)23/h1-7,9,12-13H,8H2/t12?,13-/m0/s1. The molecule has 1 saturated carbocycles. The lowest BCUT2D eigenvalue weighted by atomic mass is 9.99. The van der Waals surface area contributed by atoms with Gasteiger partial charge in [-0.15, -0.1) is 0 Å². The number of halogens is 4.